The number of hydrogen-bond acceptors (Lipinski definition) is 2. The smallest absolute Gasteiger partial charge is 0.329 e. The Morgan fingerprint density at radius 1 is 1.50 bits per heavy atom. The lowest BCUT2D eigenvalue weighted by molar-refractivity contribution is -0.148. The van der Waals surface area contributed by atoms with E-state index in [4.69, 9.17) is 11.6 Å². The number of likely N-dealkylation sites (tertiary alicyclic amines) is 1. The molecule has 1 fully saturated rings. The second-order valence-electron chi connectivity index (χ2n) is 4.87. The third-order valence-electron chi connectivity index (χ3n) is 3.88. The van der Waals surface area contributed by atoms with E-state index >= 15 is 0 Å². The SMILES string of the molecule is CCC1(C(=O)O)CCCN1C(=O)c1cc(Br)ccc1Cl. The predicted octanol–water partition coefficient (Wildman–Crippen LogP) is 3.57. The molecule has 1 N–H and O–H groups in total. The van der Waals surface area contributed by atoms with E-state index < -0.39 is 11.5 Å². The molecular weight excluding hydrogens is 346 g/mol. The molecule has 108 valence electrons. The molecule has 0 bridgehead atoms. The van der Waals surface area contributed by atoms with Crippen LogP contribution in [0.1, 0.15) is 36.5 Å². The van der Waals surface area contributed by atoms with Crippen LogP contribution in [0.3, 0.4) is 0 Å². The Morgan fingerprint density at radius 3 is 2.80 bits per heavy atom. The molecule has 4 nitrogen and oxygen atoms in total. The van der Waals surface area contributed by atoms with Crippen LogP contribution in [0.15, 0.2) is 22.7 Å². The van der Waals surface area contributed by atoms with Crippen molar-refractivity contribution < 1.29 is 14.7 Å². The van der Waals surface area contributed by atoms with E-state index in [0.29, 0.717) is 36.4 Å². The molecule has 0 radical (unpaired) electrons. The zero-order valence-corrected chi connectivity index (χ0v) is 13.4. The summed E-state index contributed by atoms with van der Waals surface area (Å²) in [7, 11) is 0. The molecule has 0 spiro atoms. The Kier molecular flexibility index (Phi) is 4.39. The van der Waals surface area contributed by atoms with Crippen LogP contribution < -0.4 is 0 Å². The van der Waals surface area contributed by atoms with Gasteiger partial charge >= 0.3 is 5.97 Å². The van der Waals surface area contributed by atoms with E-state index in [1.165, 1.54) is 4.90 Å². The van der Waals surface area contributed by atoms with E-state index in [2.05, 4.69) is 15.9 Å². The number of amides is 1. The Morgan fingerprint density at radius 2 is 2.20 bits per heavy atom. The fraction of sp³-hybridized carbons (Fsp3) is 0.429. The standard InChI is InChI=1S/C14H15BrClNO3/c1-2-14(13(19)20)6-3-7-17(14)12(18)10-8-9(15)4-5-11(10)16/h4-5,8H,2-3,6-7H2,1H3,(H,19,20). The summed E-state index contributed by atoms with van der Waals surface area (Å²) in [6, 6.07) is 5.00. The third kappa shape index (κ3) is 2.44. The Hall–Kier alpha value is -1.07. The summed E-state index contributed by atoms with van der Waals surface area (Å²) >= 11 is 9.37. The van der Waals surface area contributed by atoms with Gasteiger partial charge in [0.2, 0.25) is 0 Å². The highest BCUT2D eigenvalue weighted by Gasteiger charge is 2.48. The van der Waals surface area contributed by atoms with Crippen molar-refractivity contribution in [3.8, 4) is 0 Å². The predicted molar refractivity (Wildman–Crippen MR) is 80.1 cm³/mol. The lowest BCUT2D eigenvalue weighted by Gasteiger charge is -2.34. The van der Waals surface area contributed by atoms with Crippen LogP contribution >= 0.6 is 27.5 Å². The molecule has 1 heterocycles. The molecule has 0 aliphatic carbocycles. The van der Waals surface area contributed by atoms with Gasteiger partial charge < -0.3 is 10.0 Å². The van der Waals surface area contributed by atoms with Crippen molar-refractivity contribution in [2.75, 3.05) is 6.54 Å². The van der Waals surface area contributed by atoms with Gasteiger partial charge in [0, 0.05) is 11.0 Å². The number of nitrogens with zero attached hydrogens (tertiary/aromatic N) is 1. The summed E-state index contributed by atoms with van der Waals surface area (Å²) in [6.07, 6.45) is 1.56. The molecule has 1 saturated heterocycles. The summed E-state index contributed by atoms with van der Waals surface area (Å²) in [5.74, 6) is -1.27. The fourth-order valence-corrected chi connectivity index (χ4v) is 3.28. The number of benzene rings is 1. The highest BCUT2D eigenvalue weighted by molar-refractivity contribution is 9.10. The first kappa shape index (κ1) is 15.3. The van der Waals surface area contributed by atoms with Crippen molar-refractivity contribution in [1.82, 2.24) is 4.90 Å². The molecule has 1 aliphatic rings. The summed E-state index contributed by atoms with van der Waals surface area (Å²) in [5.41, 5.74) is -0.773. The van der Waals surface area contributed by atoms with E-state index in [1.807, 2.05) is 0 Å². The van der Waals surface area contributed by atoms with Crippen LogP contribution in [0, 0.1) is 0 Å². The van der Waals surface area contributed by atoms with E-state index in [9.17, 15) is 14.7 Å². The van der Waals surface area contributed by atoms with E-state index in [-0.39, 0.29) is 5.91 Å². The maximum Gasteiger partial charge on any atom is 0.329 e. The van der Waals surface area contributed by atoms with E-state index in [1.54, 1.807) is 25.1 Å². The first-order valence-electron chi connectivity index (χ1n) is 6.43. The minimum absolute atomic E-state index is 0.321. The van der Waals surface area contributed by atoms with Crippen LogP contribution in [0.25, 0.3) is 0 Å². The summed E-state index contributed by atoms with van der Waals surface area (Å²) in [5, 5.41) is 9.85. The quantitative estimate of drug-likeness (QED) is 0.896. The maximum atomic E-state index is 12.7. The minimum atomic E-state index is -1.11. The van der Waals surface area contributed by atoms with Crippen molar-refractivity contribution in [1.29, 1.82) is 0 Å². The molecule has 1 amide bonds. The molecule has 20 heavy (non-hydrogen) atoms. The van der Waals surface area contributed by atoms with Gasteiger partial charge in [0.1, 0.15) is 5.54 Å². The number of halogens is 2. The van der Waals surface area contributed by atoms with Crippen molar-refractivity contribution in [2.24, 2.45) is 0 Å². The van der Waals surface area contributed by atoms with Crippen LogP contribution in [0.2, 0.25) is 5.02 Å². The summed E-state index contributed by atoms with van der Waals surface area (Å²) < 4.78 is 0.738. The van der Waals surface area contributed by atoms with Gasteiger partial charge in [-0.1, -0.05) is 34.5 Å². The van der Waals surface area contributed by atoms with Crippen molar-refractivity contribution in [3.63, 3.8) is 0 Å². The normalized spacial score (nSPS) is 22.1. The molecule has 0 saturated carbocycles. The fourth-order valence-electron chi connectivity index (χ4n) is 2.72. The van der Waals surface area contributed by atoms with Gasteiger partial charge in [0.15, 0.2) is 0 Å². The van der Waals surface area contributed by atoms with E-state index in [0.717, 1.165) is 4.47 Å². The number of rotatable bonds is 3. The number of aliphatic carboxylic acids is 1. The lowest BCUT2D eigenvalue weighted by atomic mass is 9.92. The maximum absolute atomic E-state index is 12.7. The number of carbonyl (C=O) groups excluding carboxylic acids is 1. The van der Waals surface area contributed by atoms with Crippen LogP contribution in [0.4, 0.5) is 0 Å². The molecule has 1 aliphatic heterocycles. The highest BCUT2D eigenvalue weighted by Crippen LogP contribution is 2.35. The molecule has 1 aromatic carbocycles. The van der Waals surface area contributed by atoms with Crippen molar-refractivity contribution in [3.05, 3.63) is 33.3 Å². The average Bonchev–Trinajstić information content (AvgIpc) is 2.85. The molecule has 1 unspecified atom stereocenters. The number of carboxylic acid groups (broad SMARTS) is 1. The largest absolute Gasteiger partial charge is 0.479 e. The van der Waals surface area contributed by atoms with Gasteiger partial charge in [0.25, 0.3) is 5.91 Å². The zero-order chi connectivity index (χ0) is 14.9. The monoisotopic (exact) mass is 359 g/mol. The summed E-state index contributed by atoms with van der Waals surface area (Å²) in [4.78, 5) is 25.7. The van der Waals surface area contributed by atoms with Gasteiger partial charge in [-0.15, -0.1) is 0 Å². The topological polar surface area (TPSA) is 57.6 Å². The Balaban J connectivity index is 2.42. The van der Waals surface area contributed by atoms with Gasteiger partial charge in [-0.2, -0.15) is 0 Å². The first-order valence-corrected chi connectivity index (χ1v) is 7.60. The Bertz CT molecular complexity index is 563. The second-order valence-corrected chi connectivity index (χ2v) is 6.20. The molecule has 1 aromatic rings. The second kappa shape index (κ2) is 5.74. The van der Waals surface area contributed by atoms with Crippen molar-refractivity contribution in [2.45, 2.75) is 31.7 Å². The van der Waals surface area contributed by atoms with Gasteiger partial charge in [0.05, 0.1) is 10.6 Å². The minimum Gasteiger partial charge on any atom is -0.479 e. The zero-order valence-electron chi connectivity index (χ0n) is 11.0. The van der Waals surface area contributed by atoms with Gasteiger partial charge in [-0.05, 0) is 37.5 Å². The van der Waals surface area contributed by atoms with Crippen molar-refractivity contribution >= 4 is 39.4 Å². The Labute approximate surface area is 130 Å². The number of hydrogen-bond donors (Lipinski definition) is 1. The summed E-state index contributed by atoms with van der Waals surface area (Å²) in [6.45, 7) is 2.24. The third-order valence-corrected chi connectivity index (χ3v) is 4.70. The van der Waals surface area contributed by atoms with Crippen LogP contribution in [0.5, 0.6) is 0 Å². The van der Waals surface area contributed by atoms with Crippen LogP contribution in [-0.4, -0.2) is 34.0 Å². The van der Waals surface area contributed by atoms with Crippen LogP contribution in [-0.2, 0) is 4.79 Å². The number of carbonyl (C=O) groups is 2. The lowest BCUT2D eigenvalue weighted by Crippen LogP contribution is -2.52. The molecule has 6 heteroatoms. The molecule has 1 atom stereocenters. The van der Waals surface area contributed by atoms with Gasteiger partial charge in [-0.25, -0.2) is 4.79 Å². The highest BCUT2D eigenvalue weighted by atomic mass is 79.9. The molecular formula is C14H15BrClNO3. The van der Waals surface area contributed by atoms with Gasteiger partial charge in [-0.3, -0.25) is 4.79 Å². The number of carboxylic acids is 1. The first-order chi connectivity index (χ1) is 9.42. The average molecular weight is 361 g/mol. The molecule has 2 rings (SSSR count). The molecule has 0 aromatic heterocycles.